The fourth-order valence-electron chi connectivity index (χ4n) is 1.32. The molecule has 2 N–H and O–H groups in total. The number of carboxylic acids is 1. The van der Waals surface area contributed by atoms with Gasteiger partial charge in [-0.25, -0.2) is 0 Å². The minimum Gasteiger partial charge on any atom is -0.481 e. The lowest BCUT2D eigenvalue weighted by Gasteiger charge is -2.12. The van der Waals surface area contributed by atoms with E-state index in [2.05, 4.69) is 15.5 Å². The van der Waals surface area contributed by atoms with Crippen molar-refractivity contribution in [2.45, 2.75) is 19.4 Å². The zero-order valence-electron chi connectivity index (χ0n) is 10.5. The van der Waals surface area contributed by atoms with Crippen LogP contribution in [0.1, 0.15) is 23.8 Å². The van der Waals surface area contributed by atoms with Gasteiger partial charge in [-0.1, -0.05) is 0 Å². The first-order valence-electron chi connectivity index (χ1n) is 5.44. The molecule has 0 bridgehead atoms. The molecule has 1 unspecified atom stereocenters. The van der Waals surface area contributed by atoms with Crippen molar-refractivity contribution in [3.8, 4) is 0 Å². The summed E-state index contributed by atoms with van der Waals surface area (Å²) in [6, 6.07) is 2.89. The van der Waals surface area contributed by atoms with Crippen LogP contribution in [0.3, 0.4) is 0 Å². The molecule has 98 valence electrons. The molecule has 1 rings (SSSR count). The zero-order chi connectivity index (χ0) is 13.7. The van der Waals surface area contributed by atoms with Crippen LogP contribution >= 0.6 is 0 Å². The molecule has 0 fully saturated rings. The fraction of sp³-hybridized carbons (Fsp3) is 0.455. The Morgan fingerprint density at radius 2 is 2.06 bits per heavy atom. The first-order chi connectivity index (χ1) is 8.40. The van der Waals surface area contributed by atoms with Crippen LogP contribution in [0.5, 0.6) is 0 Å². The zero-order valence-corrected chi connectivity index (χ0v) is 10.5. The first kappa shape index (κ1) is 13.9. The third-order valence-electron chi connectivity index (χ3n) is 2.16. The summed E-state index contributed by atoms with van der Waals surface area (Å²) in [6.07, 6.45) is -0.0138. The van der Waals surface area contributed by atoms with Gasteiger partial charge in [-0.05, 0) is 19.1 Å². The maximum atomic E-state index is 11.5. The molecule has 1 heterocycles. The average molecular weight is 252 g/mol. The van der Waals surface area contributed by atoms with Crippen LogP contribution < -0.4 is 5.32 Å². The summed E-state index contributed by atoms with van der Waals surface area (Å²) in [7, 11) is 3.26. The second kappa shape index (κ2) is 5.95. The molecule has 0 aliphatic heterocycles. The van der Waals surface area contributed by atoms with Crippen molar-refractivity contribution in [1.29, 1.82) is 0 Å². The number of hydrogen-bond donors (Lipinski definition) is 2. The van der Waals surface area contributed by atoms with Gasteiger partial charge in [-0.15, -0.1) is 10.2 Å². The van der Waals surface area contributed by atoms with Crippen LogP contribution in [-0.4, -0.2) is 52.2 Å². The van der Waals surface area contributed by atoms with Gasteiger partial charge in [0.25, 0.3) is 5.91 Å². The first-order valence-corrected chi connectivity index (χ1v) is 5.44. The molecule has 7 heteroatoms. The number of rotatable bonds is 5. The van der Waals surface area contributed by atoms with E-state index in [1.165, 1.54) is 4.90 Å². The van der Waals surface area contributed by atoms with Crippen LogP contribution in [0, 0.1) is 0 Å². The predicted molar refractivity (Wildman–Crippen MR) is 65.4 cm³/mol. The second-order valence-corrected chi connectivity index (χ2v) is 4.15. The Morgan fingerprint density at radius 3 is 2.50 bits per heavy atom. The monoisotopic (exact) mass is 252 g/mol. The Balaban J connectivity index is 2.66. The summed E-state index contributed by atoms with van der Waals surface area (Å²) in [6.45, 7) is 1.73. The van der Waals surface area contributed by atoms with Gasteiger partial charge in [0.15, 0.2) is 5.69 Å². The lowest BCUT2D eigenvalue weighted by molar-refractivity contribution is -0.137. The van der Waals surface area contributed by atoms with Crippen molar-refractivity contribution in [3.05, 3.63) is 17.8 Å². The summed E-state index contributed by atoms with van der Waals surface area (Å²) in [5, 5.41) is 19.1. The van der Waals surface area contributed by atoms with E-state index in [4.69, 9.17) is 5.11 Å². The van der Waals surface area contributed by atoms with E-state index in [-0.39, 0.29) is 24.1 Å². The predicted octanol–water partition coefficient (Wildman–Crippen LogP) is 0.454. The van der Waals surface area contributed by atoms with Crippen LogP contribution in [0.25, 0.3) is 0 Å². The number of hydrogen-bond acceptors (Lipinski definition) is 5. The van der Waals surface area contributed by atoms with Gasteiger partial charge in [0.1, 0.15) is 5.82 Å². The molecule has 0 saturated carbocycles. The molecule has 1 atom stereocenters. The molecule has 0 radical (unpaired) electrons. The van der Waals surface area contributed by atoms with E-state index in [1.807, 2.05) is 0 Å². The van der Waals surface area contributed by atoms with Gasteiger partial charge in [0, 0.05) is 20.1 Å². The average Bonchev–Trinajstić information content (AvgIpc) is 2.27. The van der Waals surface area contributed by atoms with Gasteiger partial charge in [-0.3, -0.25) is 9.59 Å². The van der Waals surface area contributed by atoms with E-state index < -0.39 is 5.97 Å². The Kier molecular flexibility index (Phi) is 4.59. The van der Waals surface area contributed by atoms with Gasteiger partial charge in [0.05, 0.1) is 6.42 Å². The normalized spacial score (nSPS) is 11.7. The van der Waals surface area contributed by atoms with Gasteiger partial charge < -0.3 is 15.3 Å². The molecule has 7 nitrogen and oxygen atoms in total. The fourth-order valence-corrected chi connectivity index (χ4v) is 1.32. The van der Waals surface area contributed by atoms with Crippen LogP contribution in [0.4, 0.5) is 5.82 Å². The summed E-state index contributed by atoms with van der Waals surface area (Å²) >= 11 is 0. The largest absolute Gasteiger partial charge is 0.481 e. The molecule has 0 spiro atoms. The molecule has 1 amide bonds. The second-order valence-electron chi connectivity index (χ2n) is 4.15. The Hall–Kier alpha value is -2.18. The molecular weight excluding hydrogens is 236 g/mol. The third-order valence-corrected chi connectivity index (χ3v) is 2.16. The lowest BCUT2D eigenvalue weighted by Crippen LogP contribution is -2.24. The number of carbonyl (C=O) groups is 2. The quantitative estimate of drug-likeness (QED) is 0.790. The number of aliphatic carboxylic acids is 1. The molecule has 1 aromatic rings. The van der Waals surface area contributed by atoms with Crippen molar-refractivity contribution in [3.63, 3.8) is 0 Å². The SMILES string of the molecule is CC(CC(=O)O)Nc1ccc(C(=O)N(C)C)nn1. The van der Waals surface area contributed by atoms with Crippen molar-refractivity contribution in [2.24, 2.45) is 0 Å². The molecule has 0 saturated heterocycles. The van der Waals surface area contributed by atoms with E-state index in [0.717, 1.165) is 0 Å². The number of carbonyl (C=O) groups excluding carboxylic acids is 1. The molecule has 0 aliphatic carbocycles. The molecule has 0 aliphatic rings. The number of carboxylic acid groups (broad SMARTS) is 1. The number of nitrogens with zero attached hydrogens (tertiary/aromatic N) is 3. The number of anilines is 1. The number of nitrogens with one attached hydrogen (secondary N) is 1. The van der Waals surface area contributed by atoms with Crippen molar-refractivity contribution >= 4 is 17.7 Å². The van der Waals surface area contributed by atoms with Gasteiger partial charge in [-0.2, -0.15) is 0 Å². The maximum absolute atomic E-state index is 11.5. The van der Waals surface area contributed by atoms with Crippen LogP contribution in [0.15, 0.2) is 12.1 Å². The van der Waals surface area contributed by atoms with Crippen molar-refractivity contribution in [1.82, 2.24) is 15.1 Å². The van der Waals surface area contributed by atoms with E-state index >= 15 is 0 Å². The minimum absolute atomic E-state index is 0.0138. The van der Waals surface area contributed by atoms with Crippen LogP contribution in [-0.2, 0) is 4.79 Å². The Labute approximate surface area is 105 Å². The van der Waals surface area contributed by atoms with E-state index in [9.17, 15) is 9.59 Å². The maximum Gasteiger partial charge on any atom is 0.305 e. The Bertz CT molecular complexity index is 430. The van der Waals surface area contributed by atoms with Crippen molar-refractivity contribution in [2.75, 3.05) is 19.4 Å². The smallest absolute Gasteiger partial charge is 0.305 e. The highest BCUT2D eigenvalue weighted by atomic mass is 16.4. The summed E-state index contributed by atoms with van der Waals surface area (Å²) < 4.78 is 0. The summed E-state index contributed by atoms with van der Waals surface area (Å²) in [4.78, 5) is 23.4. The Morgan fingerprint density at radius 1 is 1.39 bits per heavy atom. The number of aromatic nitrogens is 2. The standard InChI is InChI=1S/C11H16N4O3/c1-7(6-10(16)17)12-9-5-4-8(13-14-9)11(18)15(2)3/h4-5,7H,6H2,1-3H3,(H,12,14)(H,16,17). The minimum atomic E-state index is -0.887. The van der Waals surface area contributed by atoms with Crippen molar-refractivity contribution < 1.29 is 14.7 Å². The molecular formula is C11H16N4O3. The topological polar surface area (TPSA) is 95.4 Å². The van der Waals surface area contributed by atoms with Gasteiger partial charge in [0.2, 0.25) is 0 Å². The molecule has 1 aromatic heterocycles. The highest BCUT2D eigenvalue weighted by Crippen LogP contribution is 2.06. The summed E-state index contributed by atoms with van der Waals surface area (Å²) in [5.41, 5.74) is 0.247. The van der Waals surface area contributed by atoms with Crippen LogP contribution in [0.2, 0.25) is 0 Å². The highest BCUT2D eigenvalue weighted by Gasteiger charge is 2.11. The highest BCUT2D eigenvalue weighted by molar-refractivity contribution is 5.91. The van der Waals surface area contributed by atoms with Gasteiger partial charge >= 0.3 is 5.97 Å². The molecule has 0 aromatic carbocycles. The number of amides is 1. The third kappa shape index (κ3) is 4.00. The summed E-state index contributed by atoms with van der Waals surface area (Å²) in [5.74, 6) is -0.672. The lowest BCUT2D eigenvalue weighted by atomic mass is 10.2. The molecule has 18 heavy (non-hydrogen) atoms. The van der Waals surface area contributed by atoms with E-state index in [0.29, 0.717) is 5.82 Å². The van der Waals surface area contributed by atoms with E-state index in [1.54, 1.807) is 33.2 Å².